The Bertz CT molecular complexity index is 464. The van der Waals surface area contributed by atoms with Crippen LogP contribution in [0, 0.1) is 5.92 Å². The quantitative estimate of drug-likeness (QED) is 0.753. The molecule has 0 bridgehead atoms. The summed E-state index contributed by atoms with van der Waals surface area (Å²) >= 11 is 0. The van der Waals surface area contributed by atoms with E-state index in [2.05, 4.69) is 40.1 Å². The Morgan fingerprint density at radius 2 is 1.87 bits per heavy atom. The number of fused-ring (bicyclic) bond motifs is 1. The van der Waals surface area contributed by atoms with E-state index >= 15 is 0 Å². The summed E-state index contributed by atoms with van der Waals surface area (Å²) in [5, 5.41) is 0. The fourth-order valence-electron chi connectivity index (χ4n) is 4.22. The summed E-state index contributed by atoms with van der Waals surface area (Å²) in [5.74, 6) is 0.788. The van der Waals surface area contributed by atoms with Crippen molar-refractivity contribution in [2.24, 2.45) is 5.92 Å². The maximum absolute atomic E-state index is 5.36. The first kappa shape index (κ1) is 16.9. The lowest BCUT2D eigenvalue weighted by atomic mass is 9.83. The third-order valence-electron chi connectivity index (χ3n) is 5.43. The summed E-state index contributed by atoms with van der Waals surface area (Å²) < 4.78 is 10.7. The van der Waals surface area contributed by atoms with Crippen LogP contribution in [-0.4, -0.2) is 62.5 Å². The standard InChI is InChI=1S/C19H30N2O2/c1-22-19(23-2)15-20-12-10-18-17(14-20)9-6-11-21(18)13-16-7-4-3-5-8-16/h3-5,7-8,17-19H,6,9-15H2,1-2H3. The molecule has 2 aliphatic heterocycles. The molecule has 2 heterocycles. The first-order valence-electron chi connectivity index (χ1n) is 8.86. The van der Waals surface area contributed by atoms with Gasteiger partial charge in [-0.25, -0.2) is 0 Å². The summed E-state index contributed by atoms with van der Waals surface area (Å²) in [7, 11) is 3.45. The number of ether oxygens (including phenoxy) is 2. The van der Waals surface area contributed by atoms with Crippen molar-refractivity contribution in [1.82, 2.24) is 9.80 Å². The second kappa shape index (κ2) is 8.25. The molecule has 0 aromatic heterocycles. The maximum atomic E-state index is 5.36. The SMILES string of the molecule is COC(CN1CCC2C(CCCN2Cc2ccccc2)C1)OC. The number of hydrogen-bond donors (Lipinski definition) is 0. The van der Waals surface area contributed by atoms with Crippen molar-refractivity contribution >= 4 is 0 Å². The van der Waals surface area contributed by atoms with Gasteiger partial charge in [0.15, 0.2) is 6.29 Å². The highest BCUT2D eigenvalue weighted by atomic mass is 16.7. The van der Waals surface area contributed by atoms with Gasteiger partial charge >= 0.3 is 0 Å². The summed E-state index contributed by atoms with van der Waals surface area (Å²) in [6.07, 6.45) is 3.84. The van der Waals surface area contributed by atoms with Crippen molar-refractivity contribution in [2.45, 2.75) is 38.1 Å². The highest BCUT2D eigenvalue weighted by Gasteiger charge is 2.36. The minimum Gasteiger partial charge on any atom is -0.355 e. The number of piperidine rings is 2. The monoisotopic (exact) mass is 318 g/mol. The number of rotatable bonds is 6. The van der Waals surface area contributed by atoms with Crippen LogP contribution in [0.1, 0.15) is 24.8 Å². The molecule has 2 unspecified atom stereocenters. The first-order valence-corrected chi connectivity index (χ1v) is 8.86. The average Bonchev–Trinajstić information content (AvgIpc) is 2.60. The Kier molecular flexibility index (Phi) is 6.06. The Morgan fingerprint density at radius 3 is 2.61 bits per heavy atom. The molecule has 0 amide bonds. The van der Waals surface area contributed by atoms with Crippen molar-refractivity contribution in [1.29, 1.82) is 0 Å². The highest BCUT2D eigenvalue weighted by Crippen LogP contribution is 2.31. The van der Waals surface area contributed by atoms with Crippen LogP contribution in [0.5, 0.6) is 0 Å². The molecule has 2 saturated heterocycles. The van der Waals surface area contributed by atoms with E-state index < -0.39 is 0 Å². The second-order valence-corrected chi connectivity index (χ2v) is 6.87. The van der Waals surface area contributed by atoms with Gasteiger partial charge in [-0.1, -0.05) is 30.3 Å². The average molecular weight is 318 g/mol. The van der Waals surface area contributed by atoms with Crippen LogP contribution < -0.4 is 0 Å². The Hall–Kier alpha value is -0.940. The smallest absolute Gasteiger partial charge is 0.169 e. The van der Waals surface area contributed by atoms with E-state index in [1.54, 1.807) is 14.2 Å². The summed E-state index contributed by atoms with van der Waals surface area (Å²) in [6.45, 7) is 5.55. The lowest BCUT2D eigenvalue weighted by molar-refractivity contribution is -0.123. The van der Waals surface area contributed by atoms with E-state index in [4.69, 9.17) is 9.47 Å². The molecule has 2 atom stereocenters. The summed E-state index contributed by atoms with van der Waals surface area (Å²) in [6, 6.07) is 11.6. The van der Waals surface area contributed by atoms with Crippen LogP contribution in [0.15, 0.2) is 30.3 Å². The molecule has 3 rings (SSSR count). The highest BCUT2D eigenvalue weighted by molar-refractivity contribution is 5.15. The molecule has 0 spiro atoms. The van der Waals surface area contributed by atoms with Gasteiger partial charge in [-0.15, -0.1) is 0 Å². The number of nitrogens with zero attached hydrogens (tertiary/aromatic N) is 2. The summed E-state index contributed by atoms with van der Waals surface area (Å²) in [5.41, 5.74) is 1.44. The van der Waals surface area contributed by atoms with Crippen LogP contribution >= 0.6 is 0 Å². The molecule has 128 valence electrons. The lowest BCUT2D eigenvalue weighted by Gasteiger charge is -2.47. The molecular weight excluding hydrogens is 288 g/mol. The minimum atomic E-state index is -0.101. The Labute approximate surface area is 140 Å². The number of likely N-dealkylation sites (tertiary alicyclic amines) is 2. The molecule has 0 saturated carbocycles. The van der Waals surface area contributed by atoms with Gasteiger partial charge in [0.1, 0.15) is 0 Å². The maximum Gasteiger partial charge on any atom is 0.169 e. The van der Waals surface area contributed by atoms with Gasteiger partial charge in [0.05, 0.1) is 0 Å². The van der Waals surface area contributed by atoms with Crippen LogP contribution in [0.2, 0.25) is 0 Å². The Balaban J connectivity index is 1.57. The van der Waals surface area contributed by atoms with Crippen molar-refractivity contribution in [3.63, 3.8) is 0 Å². The van der Waals surface area contributed by atoms with Gasteiger partial charge in [-0.05, 0) is 43.8 Å². The molecule has 23 heavy (non-hydrogen) atoms. The van der Waals surface area contributed by atoms with Crippen LogP contribution in [0.4, 0.5) is 0 Å². The predicted octanol–water partition coefficient (Wildman–Crippen LogP) is 2.59. The van der Waals surface area contributed by atoms with Gasteiger partial charge in [0.2, 0.25) is 0 Å². The fourth-order valence-corrected chi connectivity index (χ4v) is 4.22. The van der Waals surface area contributed by atoms with E-state index in [0.29, 0.717) is 0 Å². The zero-order valence-corrected chi connectivity index (χ0v) is 14.5. The van der Waals surface area contributed by atoms with Crippen molar-refractivity contribution < 1.29 is 9.47 Å². The van der Waals surface area contributed by atoms with E-state index in [1.165, 1.54) is 37.9 Å². The van der Waals surface area contributed by atoms with Crippen molar-refractivity contribution in [3.8, 4) is 0 Å². The minimum absolute atomic E-state index is 0.101. The molecule has 4 heteroatoms. The predicted molar refractivity (Wildman–Crippen MR) is 92.2 cm³/mol. The van der Waals surface area contributed by atoms with Gasteiger partial charge in [-0.3, -0.25) is 9.80 Å². The molecule has 1 aromatic carbocycles. The lowest BCUT2D eigenvalue weighted by Crippen LogP contribution is -2.54. The van der Waals surface area contributed by atoms with Crippen LogP contribution in [-0.2, 0) is 16.0 Å². The fraction of sp³-hybridized carbons (Fsp3) is 0.684. The normalized spacial score (nSPS) is 26.4. The van der Waals surface area contributed by atoms with Gasteiger partial charge in [-0.2, -0.15) is 0 Å². The van der Waals surface area contributed by atoms with Gasteiger partial charge in [0.25, 0.3) is 0 Å². The Morgan fingerprint density at radius 1 is 1.09 bits per heavy atom. The molecular formula is C19H30N2O2. The van der Waals surface area contributed by atoms with Gasteiger partial charge in [0, 0.05) is 39.9 Å². The van der Waals surface area contributed by atoms with E-state index in [-0.39, 0.29) is 6.29 Å². The first-order chi connectivity index (χ1) is 11.3. The zero-order chi connectivity index (χ0) is 16.1. The molecule has 1 aromatic rings. The third kappa shape index (κ3) is 4.32. The second-order valence-electron chi connectivity index (χ2n) is 6.87. The molecule has 0 radical (unpaired) electrons. The molecule has 0 N–H and O–H groups in total. The molecule has 2 fully saturated rings. The number of benzene rings is 1. The van der Waals surface area contributed by atoms with Crippen molar-refractivity contribution in [3.05, 3.63) is 35.9 Å². The number of methoxy groups -OCH3 is 2. The van der Waals surface area contributed by atoms with Gasteiger partial charge < -0.3 is 9.47 Å². The van der Waals surface area contributed by atoms with Crippen LogP contribution in [0.3, 0.4) is 0 Å². The summed E-state index contributed by atoms with van der Waals surface area (Å²) in [4.78, 5) is 5.23. The largest absolute Gasteiger partial charge is 0.355 e. The number of hydrogen-bond acceptors (Lipinski definition) is 4. The topological polar surface area (TPSA) is 24.9 Å². The third-order valence-corrected chi connectivity index (χ3v) is 5.43. The van der Waals surface area contributed by atoms with Crippen LogP contribution in [0.25, 0.3) is 0 Å². The molecule has 2 aliphatic rings. The van der Waals surface area contributed by atoms with Crippen molar-refractivity contribution in [2.75, 3.05) is 40.4 Å². The van der Waals surface area contributed by atoms with E-state index in [1.807, 2.05) is 0 Å². The molecule has 0 aliphatic carbocycles. The zero-order valence-electron chi connectivity index (χ0n) is 14.5. The van der Waals surface area contributed by atoms with E-state index in [9.17, 15) is 0 Å². The van der Waals surface area contributed by atoms with E-state index in [0.717, 1.165) is 31.6 Å². The molecule has 4 nitrogen and oxygen atoms in total.